The van der Waals surface area contributed by atoms with Gasteiger partial charge in [0.05, 0.1) is 12.7 Å². The molecule has 1 aliphatic heterocycles. The fraction of sp³-hybridized carbons (Fsp3) is 0.200. The van der Waals surface area contributed by atoms with Gasteiger partial charge in [0.25, 0.3) is 5.91 Å². The summed E-state index contributed by atoms with van der Waals surface area (Å²) in [5.74, 6) is -1.67. The van der Waals surface area contributed by atoms with Gasteiger partial charge >= 0.3 is 18.0 Å². The smallest absolute Gasteiger partial charge is 0.337 e. The van der Waals surface area contributed by atoms with Gasteiger partial charge in [0, 0.05) is 0 Å². The molecule has 8 nitrogen and oxygen atoms in total. The average molecular weight is 382 g/mol. The molecule has 1 atom stereocenters. The molecule has 1 aliphatic rings. The number of esters is 2. The van der Waals surface area contributed by atoms with Crippen molar-refractivity contribution in [2.45, 2.75) is 12.5 Å². The van der Waals surface area contributed by atoms with Crippen LogP contribution in [0.3, 0.4) is 0 Å². The van der Waals surface area contributed by atoms with E-state index in [4.69, 9.17) is 4.74 Å². The zero-order valence-electron chi connectivity index (χ0n) is 15.3. The Morgan fingerprint density at radius 2 is 1.68 bits per heavy atom. The van der Waals surface area contributed by atoms with E-state index in [0.29, 0.717) is 11.1 Å². The number of urea groups is 1. The van der Waals surface area contributed by atoms with Crippen molar-refractivity contribution < 1.29 is 28.7 Å². The van der Waals surface area contributed by atoms with E-state index < -0.39 is 36.0 Å². The van der Waals surface area contributed by atoms with E-state index >= 15 is 0 Å². The Balaban J connectivity index is 1.68. The van der Waals surface area contributed by atoms with Crippen molar-refractivity contribution in [1.82, 2.24) is 10.2 Å². The van der Waals surface area contributed by atoms with Gasteiger partial charge in [0.2, 0.25) is 0 Å². The van der Waals surface area contributed by atoms with Crippen LogP contribution >= 0.6 is 0 Å². The summed E-state index contributed by atoms with van der Waals surface area (Å²) in [4.78, 5) is 49.4. The molecule has 1 heterocycles. The summed E-state index contributed by atoms with van der Waals surface area (Å²) in [6.07, 6.45) is 0. The number of rotatable bonds is 5. The molecule has 28 heavy (non-hydrogen) atoms. The van der Waals surface area contributed by atoms with Crippen molar-refractivity contribution in [1.29, 1.82) is 0 Å². The number of ether oxygens (including phenoxy) is 2. The highest BCUT2D eigenvalue weighted by Crippen LogP contribution is 2.28. The largest absolute Gasteiger partial charge is 0.465 e. The van der Waals surface area contributed by atoms with Crippen molar-refractivity contribution in [3.05, 3.63) is 65.7 Å². The lowest BCUT2D eigenvalue weighted by Gasteiger charge is -2.21. The number of imide groups is 1. The van der Waals surface area contributed by atoms with Gasteiger partial charge in [0.1, 0.15) is 17.8 Å². The molecule has 0 saturated carbocycles. The molecule has 2 aromatic carbocycles. The van der Waals surface area contributed by atoms with Gasteiger partial charge in [-0.05, 0) is 36.8 Å². The first-order valence-corrected chi connectivity index (χ1v) is 8.44. The van der Waals surface area contributed by atoms with E-state index in [1.54, 1.807) is 37.3 Å². The van der Waals surface area contributed by atoms with Gasteiger partial charge in [-0.2, -0.15) is 0 Å². The van der Waals surface area contributed by atoms with E-state index in [1.165, 1.54) is 31.4 Å². The highest BCUT2D eigenvalue weighted by molar-refractivity contribution is 6.08. The van der Waals surface area contributed by atoms with Crippen LogP contribution in [0.1, 0.15) is 22.8 Å². The predicted octanol–water partition coefficient (Wildman–Crippen LogP) is 1.85. The van der Waals surface area contributed by atoms with Gasteiger partial charge in [-0.15, -0.1) is 0 Å². The van der Waals surface area contributed by atoms with E-state index in [-0.39, 0.29) is 5.75 Å². The molecule has 0 aromatic heterocycles. The number of nitrogens with one attached hydrogen (secondary N) is 1. The molecule has 2 aromatic rings. The first-order chi connectivity index (χ1) is 13.3. The minimum atomic E-state index is -1.25. The summed E-state index contributed by atoms with van der Waals surface area (Å²) >= 11 is 0. The molecule has 0 spiro atoms. The van der Waals surface area contributed by atoms with Crippen LogP contribution in [0.2, 0.25) is 0 Å². The summed E-state index contributed by atoms with van der Waals surface area (Å²) in [5, 5.41) is 2.62. The zero-order valence-corrected chi connectivity index (χ0v) is 15.3. The Kier molecular flexibility index (Phi) is 5.12. The van der Waals surface area contributed by atoms with Crippen LogP contribution in [-0.2, 0) is 19.9 Å². The lowest BCUT2D eigenvalue weighted by Crippen LogP contribution is -2.41. The third kappa shape index (κ3) is 3.57. The Hall–Kier alpha value is -3.68. The minimum absolute atomic E-state index is 0.176. The molecule has 144 valence electrons. The normalized spacial score (nSPS) is 18.6. The standard InChI is InChI=1S/C20H18N2O6/c1-20(14-6-4-3-5-7-14)18(25)22(19(26)21-20)12-16(23)28-15-10-8-13(9-11-15)17(24)27-2/h3-11H,12H2,1-2H3,(H,21,26)/t20-/m0/s1. The summed E-state index contributed by atoms with van der Waals surface area (Å²) in [6, 6.07) is 13.8. The predicted molar refractivity (Wildman–Crippen MR) is 97.5 cm³/mol. The molecule has 1 N–H and O–H groups in total. The number of carbonyl (C=O) groups excluding carboxylic acids is 4. The van der Waals surface area contributed by atoms with Crippen LogP contribution in [0.15, 0.2) is 54.6 Å². The topological polar surface area (TPSA) is 102 Å². The Bertz CT molecular complexity index is 925. The molecule has 1 saturated heterocycles. The number of amides is 3. The maximum Gasteiger partial charge on any atom is 0.337 e. The first kappa shape index (κ1) is 19.1. The van der Waals surface area contributed by atoms with Crippen LogP contribution in [0.5, 0.6) is 5.75 Å². The fourth-order valence-electron chi connectivity index (χ4n) is 2.88. The summed E-state index contributed by atoms with van der Waals surface area (Å²) in [5.41, 5.74) is -0.335. The third-order valence-electron chi connectivity index (χ3n) is 4.42. The molecule has 3 rings (SSSR count). The average Bonchev–Trinajstić information content (AvgIpc) is 2.92. The number of hydrogen-bond acceptors (Lipinski definition) is 6. The molecular weight excluding hydrogens is 364 g/mol. The molecule has 1 fully saturated rings. The van der Waals surface area contributed by atoms with Crippen molar-refractivity contribution in [2.24, 2.45) is 0 Å². The first-order valence-electron chi connectivity index (χ1n) is 8.44. The maximum absolute atomic E-state index is 12.8. The quantitative estimate of drug-likeness (QED) is 0.481. The molecule has 0 radical (unpaired) electrons. The Morgan fingerprint density at radius 3 is 2.29 bits per heavy atom. The monoisotopic (exact) mass is 382 g/mol. The molecule has 3 amide bonds. The molecule has 0 bridgehead atoms. The van der Waals surface area contributed by atoms with E-state index in [2.05, 4.69) is 10.1 Å². The molecule has 0 unspecified atom stereocenters. The van der Waals surface area contributed by atoms with E-state index in [1.807, 2.05) is 0 Å². The molecule has 0 aliphatic carbocycles. The van der Waals surface area contributed by atoms with Gasteiger partial charge in [0.15, 0.2) is 0 Å². The van der Waals surface area contributed by atoms with Crippen LogP contribution in [0.4, 0.5) is 4.79 Å². The van der Waals surface area contributed by atoms with Crippen LogP contribution in [-0.4, -0.2) is 42.4 Å². The Morgan fingerprint density at radius 1 is 1.04 bits per heavy atom. The minimum Gasteiger partial charge on any atom is -0.465 e. The second kappa shape index (κ2) is 7.51. The maximum atomic E-state index is 12.8. The highest BCUT2D eigenvalue weighted by Gasteiger charge is 2.49. The Labute approximate surface area is 161 Å². The highest BCUT2D eigenvalue weighted by atomic mass is 16.5. The summed E-state index contributed by atoms with van der Waals surface area (Å²) in [7, 11) is 1.26. The number of carbonyl (C=O) groups is 4. The van der Waals surface area contributed by atoms with Crippen LogP contribution in [0.25, 0.3) is 0 Å². The van der Waals surface area contributed by atoms with Crippen molar-refractivity contribution >= 4 is 23.9 Å². The van der Waals surface area contributed by atoms with E-state index in [0.717, 1.165) is 4.90 Å². The second-order valence-corrected chi connectivity index (χ2v) is 6.30. The second-order valence-electron chi connectivity index (χ2n) is 6.30. The number of hydrogen-bond donors (Lipinski definition) is 1. The number of methoxy groups -OCH3 is 1. The van der Waals surface area contributed by atoms with E-state index in [9.17, 15) is 19.2 Å². The SMILES string of the molecule is COC(=O)c1ccc(OC(=O)CN2C(=O)N[C@@](C)(c3ccccc3)C2=O)cc1. The van der Waals surface area contributed by atoms with Gasteiger partial charge in [-0.3, -0.25) is 9.69 Å². The van der Waals surface area contributed by atoms with Crippen LogP contribution < -0.4 is 10.1 Å². The zero-order chi connectivity index (χ0) is 20.3. The van der Waals surface area contributed by atoms with Crippen LogP contribution in [0, 0.1) is 0 Å². The van der Waals surface area contributed by atoms with Gasteiger partial charge in [-0.25, -0.2) is 14.4 Å². The van der Waals surface area contributed by atoms with Crippen molar-refractivity contribution in [2.75, 3.05) is 13.7 Å². The van der Waals surface area contributed by atoms with Gasteiger partial charge in [-0.1, -0.05) is 30.3 Å². The lowest BCUT2D eigenvalue weighted by atomic mass is 9.92. The van der Waals surface area contributed by atoms with Crippen molar-refractivity contribution in [3.63, 3.8) is 0 Å². The lowest BCUT2D eigenvalue weighted by molar-refractivity contribution is -0.140. The fourth-order valence-corrected chi connectivity index (χ4v) is 2.88. The molecule has 8 heteroatoms. The molecular formula is C20H18N2O6. The summed E-state index contributed by atoms with van der Waals surface area (Å²) < 4.78 is 9.74. The summed E-state index contributed by atoms with van der Waals surface area (Å²) in [6.45, 7) is 1.05. The number of nitrogens with zero attached hydrogens (tertiary/aromatic N) is 1. The number of benzene rings is 2. The van der Waals surface area contributed by atoms with Gasteiger partial charge < -0.3 is 14.8 Å². The third-order valence-corrected chi connectivity index (χ3v) is 4.42. The van der Waals surface area contributed by atoms with Crippen molar-refractivity contribution in [3.8, 4) is 5.75 Å².